The van der Waals surface area contributed by atoms with Crippen molar-refractivity contribution in [3.05, 3.63) is 60.3 Å². The van der Waals surface area contributed by atoms with Gasteiger partial charge in [-0.05, 0) is 36.2 Å². The summed E-state index contributed by atoms with van der Waals surface area (Å²) in [5.41, 5.74) is 2.15. The summed E-state index contributed by atoms with van der Waals surface area (Å²) < 4.78 is 33.3. The average molecular weight is 342 g/mol. The van der Waals surface area contributed by atoms with Crippen molar-refractivity contribution in [2.45, 2.75) is 18.2 Å². The second-order valence-corrected chi connectivity index (χ2v) is 7.01. The number of aryl methyl sites for hydroxylation is 1. The van der Waals surface area contributed by atoms with E-state index in [1.54, 1.807) is 18.2 Å². The maximum atomic E-state index is 12.8. The van der Waals surface area contributed by atoms with Crippen LogP contribution in [-0.4, -0.2) is 20.5 Å². The van der Waals surface area contributed by atoms with Gasteiger partial charge in [-0.3, -0.25) is 9.71 Å². The van der Waals surface area contributed by atoms with Crippen LogP contribution in [0.15, 0.2) is 59.6 Å². The number of hydrogen-bond acceptors (Lipinski definition) is 4. The molecule has 6 heteroatoms. The molecule has 3 aromatic rings. The Morgan fingerprint density at radius 2 is 1.92 bits per heavy atom. The second kappa shape index (κ2) is 6.49. The van der Waals surface area contributed by atoms with Crippen molar-refractivity contribution in [1.82, 2.24) is 4.98 Å². The third-order valence-electron chi connectivity index (χ3n) is 3.77. The Kier molecular flexibility index (Phi) is 4.40. The number of nitrogens with zero attached hydrogens (tertiary/aromatic N) is 1. The first-order valence-electron chi connectivity index (χ1n) is 7.58. The van der Waals surface area contributed by atoms with Crippen LogP contribution in [0, 0.1) is 0 Å². The predicted octanol–water partition coefficient (Wildman–Crippen LogP) is 3.61. The van der Waals surface area contributed by atoms with Crippen molar-refractivity contribution in [2.75, 3.05) is 11.8 Å². The minimum Gasteiger partial charge on any atom is -0.495 e. The van der Waals surface area contributed by atoms with Crippen molar-refractivity contribution in [3.63, 3.8) is 0 Å². The number of aromatic nitrogens is 1. The highest BCUT2D eigenvalue weighted by Crippen LogP contribution is 2.27. The quantitative estimate of drug-likeness (QED) is 0.769. The van der Waals surface area contributed by atoms with Crippen LogP contribution in [-0.2, 0) is 16.4 Å². The van der Waals surface area contributed by atoms with Crippen molar-refractivity contribution in [1.29, 1.82) is 0 Å². The fourth-order valence-electron chi connectivity index (χ4n) is 2.49. The molecule has 0 atom stereocenters. The SMILES string of the molecule is CCc1ccc(OC)c(S(=O)(=O)Nc2cnc3ccccc3c2)c1. The first kappa shape index (κ1) is 16.3. The number of benzene rings is 2. The largest absolute Gasteiger partial charge is 0.495 e. The van der Waals surface area contributed by atoms with Crippen LogP contribution < -0.4 is 9.46 Å². The van der Waals surface area contributed by atoms with Crippen molar-refractivity contribution in [3.8, 4) is 5.75 Å². The zero-order valence-electron chi connectivity index (χ0n) is 13.5. The standard InChI is InChI=1S/C18H18N2O3S/c1-3-13-8-9-17(23-2)18(10-13)24(21,22)20-15-11-14-6-4-5-7-16(14)19-12-15/h4-12,20H,3H2,1-2H3. The minimum atomic E-state index is -3.77. The van der Waals surface area contributed by atoms with E-state index in [-0.39, 0.29) is 4.90 Å². The third-order valence-corrected chi connectivity index (χ3v) is 5.17. The lowest BCUT2D eigenvalue weighted by atomic mass is 10.2. The van der Waals surface area contributed by atoms with Crippen LogP contribution in [0.4, 0.5) is 5.69 Å². The van der Waals surface area contributed by atoms with Crippen molar-refractivity contribution < 1.29 is 13.2 Å². The monoisotopic (exact) mass is 342 g/mol. The maximum Gasteiger partial charge on any atom is 0.265 e. The lowest BCUT2D eigenvalue weighted by Gasteiger charge is -2.13. The van der Waals surface area contributed by atoms with Gasteiger partial charge in [0, 0.05) is 5.39 Å². The van der Waals surface area contributed by atoms with E-state index in [2.05, 4.69) is 9.71 Å². The number of sulfonamides is 1. The molecule has 0 fully saturated rings. The van der Waals surface area contributed by atoms with E-state index >= 15 is 0 Å². The van der Waals surface area contributed by atoms with E-state index < -0.39 is 10.0 Å². The average Bonchev–Trinajstić information content (AvgIpc) is 2.60. The molecule has 1 heterocycles. The Morgan fingerprint density at radius 3 is 2.67 bits per heavy atom. The maximum absolute atomic E-state index is 12.8. The molecular formula is C18H18N2O3S. The van der Waals surface area contributed by atoms with Crippen LogP contribution in [0.2, 0.25) is 0 Å². The summed E-state index contributed by atoms with van der Waals surface area (Å²) in [5, 5.41) is 0.868. The summed E-state index contributed by atoms with van der Waals surface area (Å²) in [6.07, 6.45) is 2.25. The predicted molar refractivity (Wildman–Crippen MR) is 94.9 cm³/mol. The molecule has 24 heavy (non-hydrogen) atoms. The van der Waals surface area contributed by atoms with Crippen molar-refractivity contribution >= 4 is 26.6 Å². The number of fused-ring (bicyclic) bond motifs is 1. The van der Waals surface area contributed by atoms with Crippen LogP contribution in [0.3, 0.4) is 0 Å². The minimum absolute atomic E-state index is 0.123. The van der Waals surface area contributed by atoms with Crippen LogP contribution in [0.5, 0.6) is 5.75 Å². The highest BCUT2D eigenvalue weighted by atomic mass is 32.2. The Labute approximate surface area is 141 Å². The molecule has 0 unspecified atom stereocenters. The zero-order chi connectivity index (χ0) is 17.2. The lowest BCUT2D eigenvalue weighted by molar-refractivity contribution is 0.402. The number of pyridine rings is 1. The lowest BCUT2D eigenvalue weighted by Crippen LogP contribution is -2.14. The summed E-state index contributed by atoms with van der Waals surface area (Å²) in [4.78, 5) is 4.40. The van der Waals surface area contributed by atoms with Crippen LogP contribution in [0.1, 0.15) is 12.5 Å². The van der Waals surface area contributed by atoms with Crippen LogP contribution >= 0.6 is 0 Å². The number of nitrogens with one attached hydrogen (secondary N) is 1. The van der Waals surface area contributed by atoms with Gasteiger partial charge in [0.25, 0.3) is 10.0 Å². The molecule has 0 amide bonds. The van der Waals surface area contributed by atoms with Gasteiger partial charge in [0.1, 0.15) is 10.6 Å². The van der Waals surface area contributed by atoms with Gasteiger partial charge in [-0.2, -0.15) is 0 Å². The van der Waals surface area contributed by atoms with E-state index in [0.29, 0.717) is 11.4 Å². The molecule has 5 nitrogen and oxygen atoms in total. The highest BCUT2D eigenvalue weighted by Gasteiger charge is 2.20. The number of hydrogen-bond donors (Lipinski definition) is 1. The summed E-state index contributed by atoms with van der Waals surface area (Å²) in [6, 6.07) is 14.5. The molecule has 0 bridgehead atoms. The van der Waals surface area contributed by atoms with E-state index in [1.165, 1.54) is 13.3 Å². The molecule has 0 aliphatic rings. The number of ether oxygens (including phenoxy) is 1. The first-order valence-corrected chi connectivity index (χ1v) is 9.06. The molecule has 0 spiro atoms. The van der Waals surface area contributed by atoms with Crippen LogP contribution in [0.25, 0.3) is 10.9 Å². The summed E-state index contributed by atoms with van der Waals surface area (Å²) in [6.45, 7) is 1.97. The topological polar surface area (TPSA) is 68.3 Å². The Balaban J connectivity index is 2.01. The van der Waals surface area contributed by atoms with Gasteiger partial charge in [-0.25, -0.2) is 8.42 Å². The van der Waals surface area contributed by atoms with E-state index in [1.807, 2.05) is 37.3 Å². The number of para-hydroxylation sites is 1. The zero-order valence-corrected chi connectivity index (χ0v) is 14.3. The fourth-order valence-corrected chi connectivity index (χ4v) is 3.74. The van der Waals surface area contributed by atoms with E-state index in [4.69, 9.17) is 4.74 Å². The third kappa shape index (κ3) is 3.19. The van der Waals surface area contributed by atoms with E-state index in [0.717, 1.165) is 22.9 Å². The molecule has 1 N–H and O–H groups in total. The number of rotatable bonds is 5. The Hall–Kier alpha value is -2.60. The van der Waals surface area contributed by atoms with Gasteiger partial charge in [0.15, 0.2) is 0 Å². The first-order chi connectivity index (χ1) is 11.5. The second-order valence-electron chi connectivity index (χ2n) is 5.36. The molecule has 124 valence electrons. The Bertz CT molecular complexity index is 984. The van der Waals surface area contributed by atoms with Gasteiger partial charge in [-0.1, -0.05) is 31.2 Å². The molecule has 3 rings (SSSR count). The molecule has 0 radical (unpaired) electrons. The smallest absolute Gasteiger partial charge is 0.265 e. The van der Waals surface area contributed by atoms with Gasteiger partial charge in [0.05, 0.1) is 24.5 Å². The summed E-state index contributed by atoms with van der Waals surface area (Å²) in [7, 11) is -2.32. The molecule has 1 aromatic heterocycles. The molecule has 0 saturated heterocycles. The summed E-state index contributed by atoms with van der Waals surface area (Å²) in [5.74, 6) is 0.313. The number of anilines is 1. The molecular weight excluding hydrogens is 324 g/mol. The van der Waals surface area contributed by atoms with E-state index in [9.17, 15) is 8.42 Å². The molecule has 0 aliphatic heterocycles. The fraction of sp³-hybridized carbons (Fsp3) is 0.167. The normalized spacial score (nSPS) is 11.4. The van der Waals surface area contributed by atoms with Gasteiger partial charge in [-0.15, -0.1) is 0 Å². The van der Waals surface area contributed by atoms with Gasteiger partial charge in [0.2, 0.25) is 0 Å². The van der Waals surface area contributed by atoms with Gasteiger partial charge >= 0.3 is 0 Å². The molecule has 0 aliphatic carbocycles. The Morgan fingerprint density at radius 1 is 1.12 bits per heavy atom. The molecule has 2 aromatic carbocycles. The highest BCUT2D eigenvalue weighted by molar-refractivity contribution is 7.92. The molecule has 0 saturated carbocycles. The van der Waals surface area contributed by atoms with Gasteiger partial charge < -0.3 is 4.74 Å². The number of methoxy groups -OCH3 is 1. The van der Waals surface area contributed by atoms with Crippen molar-refractivity contribution in [2.24, 2.45) is 0 Å². The summed E-state index contributed by atoms with van der Waals surface area (Å²) >= 11 is 0.